The molecule has 1 aliphatic rings. The largest absolute Gasteiger partial charge is 0.0991 e. The zero-order chi connectivity index (χ0) is 15.6. The molecule has 0 aromatic rings. The van der Waals surface area contributed by atoms with Crippen LogP contribution in [0.25, 0.3) is 0 Å². The van der Waals surface area contributed by atoms with Crippen molar-refractivity contribution in [1.82, 2.24) is 0 Å². The van der Waals surface area contributed by atoms with Crippen molar-refractivity contribution in [2.75, 3.05) is 0 Å². The van der Waals surface area contributed by atoms with Crippen molar-refractivity contribution in [3.63, 3.8) is 0 Å². The quantitative estimate of drug-likeness (QED) is 0.468. The molecule has 1 rings (SSSR count). The minimum atomic E-state index is 0.111. The summed E-state index contributed by atoms with van der Waals surface area (Å²) in [6, 6.07) is 0. The second-order valence-corrected chi connectivity index (χ2v) is 5.39. The van der Waals surface area contributed by atoms with Gasteiger partial charge in [0, 0.05) is 5.41 Å². The monoisotopic (exact) mass is 280 g/mol. The van der Waals surface area contributed by atoms with E-state index in [1.807, 2.05) is 18.2 Å². The van der Waals surface area contributed by atoms with Gasteiger partial charge in [0.1, 0.15) is 0 Å². The third-order valence-electron chi connectivity index (χ3n) is 4.09. The van der Waals surface area contributed by atoms with Crippen molar-refractivity contribution in [2.45, 2.75) is 39.5 Å². The van der Waals surface area contributed by atoms with E-state index in [4.69, 9.17) is 0 Å². The van der Waals surface area contributed by atoms with Gasteiger partial charge >= 0.3 is 0 Å². The molecule has 0 amide bonds. The highest BCUT2D eigenvalue weighted by Gasteiger charge is 2.38. The van der Waals surface area contributed by atoms with Crippen LogP contribution in [-0.2, 0) is 0 Å². The summed E-state index contributed by atoms with van der Waals surface area (Å²) >= 11 is 0. The maximum Gasteiger partial charge on any atom is 0.0202 e. The Kier molecular flexibility index (Phi) is 7.53. The lowest BCUT2D eigenvalue weighted by molar-refractivity contribution is 0.467. The topological polar surface area (TPSA) is 0 Å². The minimum Gasteiger partial charge on any atom is -0.0991 e. The molecular weight excluding hydrogens is 252 g/mol. The van der Waals surface area contributed by atoms with Gasteiger partial charge in [-0.05, 0) is 37.8 Å². The number of rotatable bonds is 7. The highest BCUT2D eigenvalue weighted by Crippen LogP contribution is 2.50. The summed E-state index contributed by atoms with van der Waals surface area (Å²) in [5, 5.41) is 0. The van der Waals surface area contributed by atoms with Crippen LogP contribution < -0.4 is 0 Å². The molecule has 0 N–H and O–H groups in total. The van der Waals surface area contributed by atoms with E-state index in [1.165, 1.54) is 36.8 Å². The van der Waals surface area contributed by atoms with E-state index < -0.39 is 0 Å². The molecule has 0 aromatic carbocycles. The van der Waals surface area contributed by atoms with Crippen LogP contribution in [-0.4, -0.2) is 0 Å². The molecule has 1 saturated carbocycles. The molecule has 0 atom stereocenters. The van der Waals surface area contributed by atoms with E-state index in [2.05, 4.69) is 69.5 Å². The summed E-state index contributed by atoms with van der Waals surface area (Å²) in [6.45, 7) is 11.8. The molecule has 0 radical (unpaired) electrons. The zero-order valence-electron chi connectivity index (χ0n) is 13.5. The first-order valence-corrected chi connectivity index (χ1v) is 7.83. The fraction of sp³-hybridized carbons (Fsp3) is 0.333. The van der Waals surface area contributed by atoms with Gasteiger partial charge in [0.2, 0.25) is 0 Å². The van der Waals surface area contributed by atoms with Gasteiger partial charge < -0.3 is 0 Å². The predicted molar refractivity (Wildman–Crippen MR) is 96.2 cm³/mol. The van der Waals surface area contributed by atoms with Crippen molar-refractivity contribution in [3.05, 3.63) is 85.1 Å². The molecule has 0 heterocycles. The van der Waals surface area contributed by atoms with Crippen molar-refractivity contribution >= 4 is 0 Å². The Balaban J connectivity index is 3.40. The van der Waals surface area contributed by atoms with Gasteiger partial charge in [-0.2, -0.15) is 0 Å². The maximum atomic E-state index is 3.89. The summed E-state index contributed by atoms with van der Waals surface area (Å²) < 4.78 is 0. The molecule has 0 spiro atoms. The Bertz CT molecular complexity index is 482. The molecule has 0 nitrogen and oxygen atoms in total. The fourth-order valence-electron chi connectivity index (χ4n) is 3.15. The molecule has 112 valence electrons. The lowest BCUT2D eigenvalue weighted by Gasteiger charge is -2.32. The predicted octanol–water partition coefficient (Wildman–Crippen LogP) is 6.48. The standard InChI is InChI=1S/C21H28/c1-5-9-15-19(13-7-3)21(17-11-12-18-21)20(14-8-4)16-10-6-2/h5-10,13-16H,1,3,11-12,17-18H2,2,4H3/b10-6-,14-8-,15-9-,19-13+,20-16+. The molecule has 0 aromatic heterocycles. The Morgan fingerprint density at radius 3 is 2.00 bits per heavy atom. The first-order chi connectivity index (χ1) is 10.2. The van der Waals surface area contributed by atoms with Crippen molar-refractivity contribution in [1.29, 1.82) is 0 Å². The first-order valence-electron chi connectivity index (χ1n) is 7.83. The van der Waals surface area contributed by atoms with Crippen LogP contribution in [0.1, 0.15) is 39.5 Å². The Morgan fingerprint density at radius 1 is 0.810 bits per heavy atom. The summed E-state index contributed by atoms with van der Waals surface area (Å²) in [5.41, 5.74) is 2.84. The summed E-state index contributed by atoms with van der Waals surface area (Å²) in [4.78, 5) is 0. The molecule has 21 heavy (non-hydrogen) atoms. The molecule has 0 saturated heterocycles. The van der Waals surface area contributed by atoms with Gasteiger partial charge in [-0.15, -0.1) is 0 Å². The molecule has 0 unspecified atom stereocenters. The van der Waals surface area contributed by atoms with Gasteiger partial charge in [-0.1, -0.05) is 86.8 Å². The molecular formula is C21H28. The van der Waals surface area contributed by atoms with Crippen molar-refractivity contribution in [2.24, 2.45) is 5.41 Å². The molecule has 0 heteroatoms. The SMILES string of the molecule is C=C/C=C\C(=C/C=C)C1(C(/C=C\C)=C/C=C\C)CCCC1. The van der Waals surface area contributed by atoms with Crippen LogP contribution in [0.3, 0.4) is 0 Å². The third kappa shape index (κ3) is 4.32. The Hall–Kier alpha value is -1.82. The van der Waals surface area contributed by atoms with Gasteiger partial charge in [0.15, 0.2) is 0 Å². The van der Waals surface area contributed by atoms with Crippen LogP contribution in [0.15, 0.2) is 85.1 Å². The molecule has 1 aliphatic carbocycles. The summed E-state index contributed by atoms with van der Waals surface area (Å²) in [6.07, 6.45) is 25.9. The Labute approximate surface area is 130 Å². The van der Waals surface area contributed by atoms with Gasteiger partial charge in [0.25, 0.3) is 0 Å². The summed E-state index contributed by atoms with van der Waals surface area (Å²) in [5.74, 6) is 0. The van der Waals surface area contributed by atoms with Gasteiger partial charge in [-0.25, -0.2) is 0 Å². The molecule has 1 fully saturated rings. The second-order valence-electron chi connectivity index (χ2n) is 5.39. The highest BCUT2D eigenvalue weighted by molar-refractivity contribution is 5.45. The normalized spacial score (nSPS) is 19.9. The van der Waals surface area contributed by atoms with E-state index in [9.17, 15) is 0 Å². The van der Waals surface area contributed by atoms with Crippen molar-refractivity contribution in [3.8, 4) is 0 Å². The van der Waals surface area contributed by atoms with Crippen molar-refractivity contribution < 1.29 is 0 Å². The van der Waals surface area contributed by atoms with E-state index in [0.29, 0.717) is 0 Å². The molecule has 0 bridgehead atoms. The zero-order valence-corrected chi connectivity index (χ0v) is 13.5. The van der Waals surface area contributed by atoms with Crippen LogP contribution >= 0.6 is 0 Å². The van der Waals surface area contributed by atoms with Crippen LogP contribution in [0.5, 0.6) is 0 Å². The number of allylic oxidation sites excluding steroid dienone is 12. The van der Waals surface area contributed by atoms with E-state index in [-0.39, 0.29) is 5.41 Å². The second kappa shape index (κ2) is 9.18. The van der Waals surface area contributed by atoms with Gasteiger partial charge in [0.05, 0.1) is 0 Å². The van der Waals surface area contributed by atoms with E-state index >= 15 is 0 Å². The summed E-state index contributed by atoms with van der Waals surface area (Å²) in [7, 11) is 0. The lowest BCUT2D eigenvalue weighted by Crippen LogP contribution is -2.21. The van der Waals surface area contributed by atoms with Gasteiger partial charge in [-0.3, -0.25) is 0 Å². The fourth-order valence-corrected chi connectivity index (χ4v) is 3.15. The average Bonchev–Trinajstić information content (AvgIpc) is 2.98. The third-order valence-corrected chi connectivity index (χ3v) is 4.09. The minimum absolute atomic E-state index is 0.111. The van der Waals surface area contributed by atoms with Crippen LogP contribution in [0, 0.1) is 5.41 Å². The maximum absolute atomic E-state index is 3.89. The molecule has 0 aliphatic heterocycles. The number of hydrogen-bond acceptors (Lipinski definition) is 0. The van der Waals surface area contributed by atoms with Crippen LogP contribution in [0.2, 0.25) is 0 Å². The average molecular weight is 280 g/mol. The lowest BCUT2D eigenvalue weighted by atomic mass is 9.71. The van der Waals surface area contributed by atoms with E-state index in [1.54, 1.807) is 0 Å². The van der Waals surface area contributed by atoms with E-state index in [0.717, 1.165) is 0 Å². The Morgan fingerprint density at radius 2 is 1.48 bits per heavy atom. The van der Waals surface area contributed by atoms with Crippen LogP contribution in [0.4, 0.5) is 0 Å². The highest BCUT2D eigenvalue weighted by atomic mass is 14.4. The first kappa shape index (κ1) is 17.2. The smallest absolute Gasteiger partial charge is 0.0202 e. The number of hydrogen-bond donors (Lipinski definition) is 0.